The first kappa shape index (κ1) is 24.3. The molecule has 2 aromatic carbocycles. The number of ketones is 1. The Morgan fingerprint density at radius 1 is 0.871 bits per heavy atom. The summed E-state index contributed by atoms with van der Waals surface area (Å²) < 4.78 is 85.0. The molecule has 12 heteroatoms. The second-order valence-electron chi connectivity index (χ2n) is 6.28. The zero-order valence-corrected chi connectivity index (χ0v) is 15.5. The van der Waals surface area contributed by atoms with Crippen LogP contribution in [0, 0.1) is 10.1 Å². The predicted molar refractivity (Wildman–Crippen MR) is 94.4 cm³/mol. The van der Waals surface area contributed by atoms with Crippen LogP contribution in [0.15, 0.2) is 54.6 Å². The van der Waals surface area contributed by atoms with Crippen molar-refractivity contribution in [2.24, 2.45) is 0 Å². The summed E-state index contributed by atoms with van der Waals surface area (Å²) in [5.41, 5.74) is -0.533. The third-order valence-corrected chi connectivity index (χ3v) is 3.90. The summed E-state index contributed by atoms with van der Waals surface area (Å²) in [6, 6.07) is 11.1. The fourth-order valence-corrected chi connectivity index (χ4v) is 2.61. The molecule has 0 aliphatic heterocycles. The number of hydrogen-bond acceptors (Lipinski definition) is 5. The molecule has 0 aliphatic carbocycles. The minimum Gasteiger partial charge on any atom is -0.342 e. The largest absolute Gasteiger partial charge is 0.411 e. The smallest absolute Gasteiger partial charge is 0.342 e. The van der Waals surface area contributed by atoms with Crippen LogP contribution in [0.2, 0.25) is 0 Å². The number of alkyl halides is 6. The summed E-state index contributed by atoms with van der Waals surface area (Å²) in [7, 11) is 0. The lowest BCUT2D eigenvalue weighted by Gasteiger charge is -2.28. The molecule has 0 aliphatic rings. The summed E-state index contributed by atoms with van der Waals surface area (Å²) >= 11 is 0. The van der Waals surface area contributed by atoms with Crippen LogP contribution in [0.1, 0.15) is 21.8 Å². The van der Waals surface area contributed by atoms with Gasteiger partial charge in [0.1, 0.15) is 13.2 Å². The number of benzene rings is 2. The number of carbonyl (C=O) groups excluding carboxylic acids is 1. The molecule has 2 aromatic rings. The maximum atomic E-state index is 13.0. The van der Waals surface area contributed by atoms with Gasteiger partial charge in [0.2, 0.25) is 0 Å². The van der Waals surface area contributed by atoms with Crippen LogP contribution in [0.25, 0.3) is 0 Å². The van der Waals surface area contributed by atoms with E-state index in [0.29, 0.717) is 0 Å². The van der Waals surface area contributed by atoms with Crippen molar-refractivity contribution < 1.29 is 45.5 Å². The van der Waals surface area contributed by atoms with Crippen LogP contribution in [-0.4, -0.2) is 42.6 Å². The fourth-order valence-electron chi connectivity index (χ4n) is 2.61. The van der Waals surface area contributed by atoms with Crippen LogP contribution in [0.4, 0.5) is 32.0 Å². The number of non-ortho nitro benzene ring substituents is 1. The number of nitro benzene ring substituents is 1. The quantitative estimate of drug-likeness (QED) is 0.175. The number of nitrogens with zero attached hydrogens (tertiary/aromatic N) is 1. The lowest BCUT2D eigenvalue weighted by atomic mass is 9.89. The summed E-state index contributed by atoms with van der Waals surface area (Å²) in [6.45, 7) is -3.94. The van der Waals surface area contributed by atoms with Crippen molar-refractivity contribution in [1.82, 2.24) is 0 Å². The first-order chi connectivity index (χ1) is 14.4. The first-order valence-electron chi connectivity index (χ1n) is 8.58. The van der Waals surface area contributed by atoms with Crippen molar-refractivity contribution in [3.8, 4) is 0 Å². The number of hydrogen-bond donors (Lipinski definition) is 0. The van der Waals surface area contributed by atoms with Gasteiger partial charge in [0.25, 0.3) is 5.69 Å². The van der Waals surface area contributed by atoms with E-state index in [1.165, 1.54) is 24.3 Å². The normalized spacial score (nSPS) is 13.3. The van der Waals surface area contributed by atoms with Gasteiger partial charge >= 0.3 is 12.4 Å². The number of halogens is 6. The molecule has 1 atom stereocenters. The van der Waals surface area contributed by atoms with Crippen molar-refractivity contribution in [3.05, 3.63) is 75.8 Å². The van der Waals surface area contributed by atoms with E-state index < -0.39 is 54.2 Å². The second kappa shape index (κ2) is 9.88. The molecule has 1 unspecified atom stereocenters. The van der Waals surface area contributed by atoms with Gasteiger partial charge in [-0.05, 0) is 5.56 Å². The minimum absolute atomic E-state index is 0.0259. The molecule has 0 heterocycles. The topological polar surface area (TPSA) is 78.7 Å². The number of carbonyl (C=O) groups is 1. The monoisotopic (exact) mass is 451 g/mol. The van der Waals surface area contributed by atoms with Gasteiger partial charge in [0.05, 0.1) is 10.8 Å². The second-order valence-corrected chi connectivity index (χ2v) is 6.28. The summed E-state index contributed by atoms with van der Waals surface area (Å²) in [6.07, 6.45) is -12.1. The van der Waals surface area contributed by atoms with Crippen LogP contribution in [0.5, 0.6) is 0 Å². The van der Waals surface area contributed by atoms with Gasteiger partial charge in [-0.3, -0.25) is 14.9 Å². The molecule has 0 spiro atoms. The molecule has 2 rings (SSSR count). The van der Waals surface area contributed by atoms with Crippen molar-refractivity contribution in [3.63, 3.8) is 0 Å². The van der Waals surface area contributed by atoms with Gasteiger partial charge in [-0.1, -0.05) is 42.5 Å². The van der Waals surface area contributed by atoms with E-state index in [1.54, 1.807) is 6.07 Å². The van der Waals surface area contributed by atoms with E-state index in [4.69, 9.17) is 0 Å². The number of Topliss-reactive ketones (excluding diaryl/α,β-unsaturated/α-hetero) is 1. The van der Waals surface area contributed by atoms with E-state index in [1.807, 2.05) is 0 Å². The van der Waals surface area contributed by atoms with Crippen LogP contribution < -0.4 is 0 Å². The molecule has 0 saturated heterocycles. The molecule has 0 saturated carbocycles. The van der Waals surface area contributed by atoms with Gasteiger partial charge in [-0.25, -0.2) is 0 Å². The molecule has 0 amide bonds. The van der Waals surface area contributed by atoms with Gasteiger partial charge in [-0.15, -0.1) is 0 Å². The van der Waals surface area contributed by atoms with E-state index in [9.17, 15) is 41.3 Å². The molecular formula is C19H15F6NO5. The van der Waals surface area contributed by atoms with Crippen LogP contribution in [0.3, 0.4) is 0 Å². The van der Waals surface area contributed by atoms with E-state index in [0.717, 1.165) is 24.3 Å². The zero-order valence-electron chi connectivity index (χ0n) is 15.5. The lowest BCUT2D eigenvalue weighted by molar-refractivity contribution is -0.384. The van der Waals surface area contributed by atoms with Gasteiger partial charge in [0.15, 0.2) is 12.1 Å². The Bertz CT molecular complexity index is 865. The lowest BCUT2D eigenvalue weighted by Crippen LogP contribution is -2.36. The third kappa shape index (κ3) is 7.64. The Kier molecular flexibility index (Phi) is 7.74. The Balaban J connectivity index is 2.48. The first-order valence-corrected chi connectivity index (χ1v) is 8.58. The van der Waals surface area contributed by atoms with Crippen molar-refractivity contribution >= 4 is 11.5 Å². The molecule has 0 N–H and O–H groups in total. The van der Waals surface area contributed by atoms with E-state index in [-0.39, 0.29) is 11.1 Å². The van der Waals surface area contributed by atoms with Crippen LogP contribution in [-0.2, 0) is 9.47 Å². The highest BCUT2D eigenvalue weighted by Gasteiger charge is 2.39. The standard InChI is InChI=1S/C19H15F6NO5/c20-18(21,22)10-30-17(31-11-19(23,24)25)15(16(27)13-4-2-1-3-5-13)12-6-8-14(9-7-12)26(28)29/h1-9,15,17H,10-11H2. The Morgan fingerprint density at radius 3 is 1.77 bits per heavy atom. The van der Waals surface area contributed by atoms with Gasteiger partial charge < -0.3 is 9.47 Å². The fraction of sp³-hybridized carbons (Fsp3) is 0.316. The third-order valence-electron chi connectivity index (χ3n) is 3.90. The molecule has 0 fully saturated rings. The highest BCUT2D eigenvalue weighted by molar-refractivity contribution is 6.01. The molecule has 0 radical (unpaired) electrons. The SMILES string of the molecule is O=C(c1ccccc1)C(c1ccc([N+](=O)[O-])cc1)C(OCC(F)(F)F)OCC(F)(F)F. The molecular weight excluding hydrogens is 436 g/mol. The van der Waals surface area contributed by atoms with E-state index >= 15 is 0 Å². The Morgan fingerprint density at radius 2 is 1.35 bits per heavy atom. The number of rotatable bonds is 9. The number of ether oxygens (including phenoxy) is 2. The molecule has 0 aromatic heterocycles. The molecule has 31 heavy (non-hydrogen) atoms. The predicted octanol–water partition coefficient (Wildman–Crippen LogP) is 5.05. The maximum absolute atomic E-state index is 13.0. The molecule has 0 bridgehead atoms. The zero-order chi connectivity index (χ0) is 23.2. The van der Waals surface area contributed by atoms with Gasteiger partial charge in [-0.2, -0.15) is 26.3 Å². The van der Waals surface area contributed by atoms with Crippen LogP contribution >= 0.6 is 0 Å². The Labute approximate surface area is 171 Å². The average molecular weight is 451 g/mol. The average Bonchev–Trinajstić information content (AvgIpc) is 2.69. The van der Waals surface area contributed by atoms with Crippen molar-refractivity contribution in [2.75, 3.05) is 13.2 Å². The van der Waals surface area contributed by atoms with Crippen molar-refractivity contribution in [1.29, 1.82) is 0 Å². The number of nitro groups is 1. The molecule has 6 nitrogen and oxygen atoms in total. The van der Waals surface area contributed by atoms with Crippen molar-refractivity contribution in [2.45, 2.75) is 24.6 Å². The highest BCUT2D eigenvalue weighted by atomic mass is 19.4. The summed E-state index contributed by atoms with van der Waals surface area (Å²) in [5.74, 6) is -2.64. The highest BCUT2D eigenvalue weighted by Crippen LogP contribution is 2.31. The molecule has 168 valence electrons. The summed E-state index contributed by atoms with van der Waals surface area (Å²) in [5, 5.41) is 10.8. The van der Waals surface area contributed by atoms with E-state index in [2.05, 4.69) is 9.47 Å². The maximum Gasteiger partial charge on any atom is 0.411 e. The van der Waals surface area contributed by atoms with Gasteiger partial charge in [0, 0.05) is 17.7 Å². The Hall–Kier alpha value is -2.99. The summed E-state index contributed by atoms with van der Waals surface area (Å²) in [4.78, 5) is 23.1. The minimum atomic E-state index is -4.91.